The monoisotopic (exact) mass is 872 g/mol. The molecular weight excluding hydrogens is 813 g/mol. The Morgan fingerprint density at radius 2 is 0.859 bits per heavy atom. The third kappa shape index (κ3) is 13.4. The van der Waals surface area contributed by atoms with Crippen LogP contribution in [0.3, 0.4) is 0 Å². The van der Waals surface area contributed by atoms with Crippen LogP contribution in [0.25, 0.3) is 34.0 Å². The Bertz CT molecular complexity index is 2210. The summed E-state index contributed by atoms with van der Waals surface area (Å²) in [6.45, 7) is 16.6. The van der Waals surface area contributed by atoms with Crippen LogP contribution in [0.1, 0.15) is 75.6 Å². The van der Waals surface area contributed by atoms with Crippen molar-refractivity contribution in [1.29, 1.82) is 0 Å². The summed E-state index contributed by atoms with van der Waals surface area (Å²) < 4.78 is 46.2. The van der Waals surface area contributed by atoms with Crippen LogP contribution in [0.5, 0.6) is 11.5 Å². The fraction of sp³-hybridized carbons (Fsp3) is 0.385. The van der Waals surface area contributed by atoms with Gasteiger partial charge in [-0.25, -0.2) is 19.6 Å². The number of hydrogen-bond acceptors (Lipinski definition) is 12. The highest BCUT2D eigenvalue weighted by Gasteiger charge is 2.23. The van der Waals surface area contributed by atoms with E-state index >= 15 is 0 Å². The third-order valence-electron chi connectivity index (χ3n) is 10.3. The molecule has 0 aliphatic carbocycles. The van der Waals surface area contributed by atoms with Gasteiger partial charge in [-0.1, -0.05) is 48.5 Å². The predicted octanol–water partition coefficient (Wildman–Crippen LogP) is 10.3. The number of aromatic nitrogens is 2. The van der Waals surface area contributed by atoms with Crippen molar-refractivity contribution in [1.82, 2.24) is 9.97 Å². The van der Waals surface area contributed by atoms with E-state index in [1.54, 1.807) is 0 Å². The van der Waals surface area contributed by atoms with Gasteiger partial charge in [-0.3, -0.25) is 0 Å². The molecule has 2 heterocycles. The molecule has 12 nitrogen and oxygen atoms in total. The number of aryl methyl sites for hydroxylation is 2. The minimum atomic E-state index is -0.647. The van der Waals surface area contributed by atoms with E-state index in [2.05, 4.69) is 24.3 Å². The topological polar surface area (TPSA) is 142 Å². The fourth-order valence-corrected chi connectivity index (χ4v) is 7.02. The molecule has 2 aromatic heterocycles. The molecular formula is C52H60N2O10. The number of hydrogen-bond donors (Lipinski definition) is 0. The SMILES string of the molecule is CCO[C@@H](Cc1ccc(OCCc2nc(-c3ccc(-c4ccc(-c5nc(CCOc6ccc(C[C@H](OCC)C(=O)OC(C)C)cc6)c(C)o5)cc4)cc3)oc2C)cc1)C(=O)OC(C)C. The summed E-state index contributed by atoms with van der Waals surface area (Å²) in [5, 5.41) is 0. The number of esters is 2. The molecule has 6 aromatic rings. The van der Waals surface area contributed by atoms with Gasteiger partial charge in [-0.2, -0.15) is 0 Å². The van der Waals surface area contributed by atoms with E-state index in [0.29, 0.717) is 63.9 Å². The van der Waals surface area contributed by atoms with Crippen LogP contribution in [0, 0.1) is 13.8 Å². The Morgan fingerprint density at radius 3 is 1.19 bits per heavy atom. The van der Waals surface area contributed by atoms with E-state index in [4.69, 9.17) is 47.2 Å². The summed E-state index contributed by atoms with van der Waals surface area (Å²) in [7, 11) is 0. The Morgan fingerprint density at radius 1 is 0.516 bits per heavy atom. The van der Waals surface area contributed by atoms with Crippen LogP contribution in [-0.4, -0.2) is 72.7 Å². The molecule has 64 heavy (non-hydrogen) atoms. The van der Waals surface area contributed by atoms with Crippen molar-refractivity contribution >= 4 is 11.9 Å². The molecule has 4 aromatic carbocycles. The van der Waals surface area contributed by atoms with Crippen LogP contribution >= 0.6 is 0 Å². The number of carbonyl (C=O) groups excluding carboxylic acids is 2. The third-order valence-corrected chi connectivity index (χ3v) is 10.3. The van der Waals surface area contributed by atoms with Crippen molar-refractivity contribution in [2.45, 2.75) is 105 Å². The van der Waals surface area contributed by atoms with Gasteiger partial charge in [0.2, 0.25) is 11.8 Å². The molecule has 0 amide bonds. The van der Waals surface area contributed by atoms with Gasteiger partial charge in [0.15, 0.2) is 12.2 Å². The molecule has 0 bridgehead atoms. The van der Waals surface area contributed by atoms with Gasteiger partial charge in [-0.05, 0) is 126 Å². The average molecular weight is 873 g/mol. The lowest BCUT2D eigenvalue weighted by Gasteiger charge is -2.18. The fourth-order valence-electron chi connectivity index (χ4n) is 7.02. The first-order valence-electron chi connectivity index (χ1n) is 22.1. The van der Waals surface area contributed by atoms with Crippen LogP contribution < -0.4 is 9.47 Å². The smallest absolute Gasteiger partial charge is 0.335 e. The predicted molar refractivity (Wildman–Crippen MR) is 244 cm³/mol. The standard InChI is InChI=1S/C52H60N2O10/c1-9-57-47(51(55)61-33(3)4)31-37-11-23-43(24-12-37)59-29-27-45-35(7)63-49(53-45)41-19-15-39(16-20-41)40-17-21-42(22-18-40)50-54-46(36(8)64-50)28-30-60-44-25-13-38(14-26-44)32-48(58-10-2)52(56)62-34(5)6/h11-26,33-34,47-48H,9-10,27-32H2,1-8H3/t47-,48-/m0/s1. The lowest BCUT2D eigenvalue weighted by atomic mass is 10.0. The summed E-state index contributed by atoms with van der Waals surface area (Å²) in [5.41, 5.74) is 7.47. The lowest BCUT2D eigenvalue weighted by Crippen LogP contribution is -2.30. The van der Waals surface area contributed by atoms with Crippen LogP contribution in [0.2, 0.25) is 0 Å². The summed E-state index contributed by atoms with van der Waals surface area (Å²) in [4.78, 5) is 34.4. The Balaban J connectivity index is 0.968. The van der Waals surface area contributed by atoms with E-state index in [-0.39, 0.29) is 24.1 Å². The quantitative estimate of drug-likeness (QED) is 0.0566. The van der Waals surface area contributed by atoms with Gasteiger partial charge >= 0.3 is 11.9 Å². The number of benzene rings is 4. The van der Waals surface area contributed by atoms with Crippen molar-refractivity contribution in [3.05, 3.63) is 131 Å². The second-order valence-electron chi connectivity index (χ2n) is 16.0. The molecule has 0 radical (unpaired) electrons. The number of rotatable bonds is 23. The van der Waals surface area contributed by atoms with Gasteiger partial charge in [0.1, 0.15) is 23.0 Å². The molecule has 0 unspecified atom stereocenters. The van der Waals surface area contributed by atoms with Crippen molar-refractivity contribution in [3.8, 4) is 45.5 Å². The zero-order valence-corrected chi connectivity index (χ0v) is 38.2. The van der Waals surface area contributed by atoms with Gasteiger partial charge in [0, 0.05) is 50.0 Å². The molecule has 0 saturated carbocycles. The zero-order valence-electron chi connectivity index (χ0n) is 38.2. The van der Waals surface area contributed by atoms with E-state index in [1.165, 1.54) is 0 Å². The first-order valence-corrected chi connectivity index (χ1v) is 22.1. The second kappa shape index (κ2) is 22.9. The van der Waals surface area contributed by atoms with E-state index < -0.39 is 12.2 Å². The molecule has 0 fully saturated rings. The Labute approximate surface area is 376 Å². The van der Waals surface area contributed by atoms with E-state index in [9.17, 15) is 9.59 Å². The van der Waals surface area contributed by atoms with Gasteiger partial charge < -0.3 is 37.3 Å². The van der Waals surface area contributed by atoms with Gasteiger partial charge in [-0.15, -0.1) is 0 Å². The highest BCUT2D eigenvalue weighted by atomic mass is 16.6. The van der Waals surface area contributed by atoms with Crippen LogP contribution in [0.15, 0.2) is 106 Å². The number of carbonyl (C=O) groups is 2. The van der Waals surface area contributed by atoms with Crippen molar-refractivity contribution in [2.75, 3.05) is 26.4 Å². The summed E-state index contributed by atoms with van der Waals surface area (Å²) >= 11 is 0. The maximum Gasteiger partial charge on any atom is 0.335 e. The summed E-state index contributed by atoms with van der Waals surface area (Å²) in [5.74, 6) is 3.38. The van der Waals surface area contributed by atoms with E-state index in [0.717, 1.165) is 67.8 Å². The number of oxazole rings is 2. The number of ether oxygens (including phenoxy) is 6. The maximum absolute atomic E-state index is 12.4. The van der Waals surface area contributed by atoms with Gasteiger partial charge in [0.05, 0.1) is 36.8 Å². The van der Waals surface area contributed by atoms with Crippen molar-refractivity contribution < 1.29 is 46.8 Å². The maximum atomic E-state index is 12.4. The average Bonchev–Trinajstić information content (AvgIpc) is 3.84. The summed E-state index contributed by atoms with van der Waals surface area (Å²) in [6, 6.07) is 31.6. The van der Waals surface area contributed by atoms with Crippen molar-refractivity contribution in [3.63, 3.8) is 0 Å². The Kier molecular flexibility index (Phi) is 16.9. The van der Waals surface area contributed by atoms with Crippen LogP contribution in [-0.2, 0) is 54.2 Å². The molecule has 0 spiro atoms. The first-order chi connectivity index (χ1) is 30.9. The molecule has 12 heteroatoms. The van der Waals surface area contributed by atoms with E-state index in [1.807, 2.05) is 128 Å². The molecule has 338 valence electrons. The zero-order chi connectivity index (χ0) is 45.6. The minimum absolute atomic E-state index is 0.199. The molecule has 0 N–H and O–H groups in total. The van der Waals surface area contributed by atoms with Crippen molar-refractivity contribution in [2.24, 2.45) is 0 Å². The molecule has 2 atom stereocenters. The highest BCUT2D eigenvalue weighted by Crippen LogP contribution is 2.29. The minimum Gasteiger partial charge on any atom is -0.493 e. The van der Waals surface area contributed by atoms with Crippen LogP contribution in [0.4, 0.5) is 0 Å². The normalized spacial score (nSPS) is 12.3. The largest absolute Gasteiger partial charge is 0.493 e. The lowest BCUT2D eigenvalue weighted by molar-refractivity contribution is -0.161. The van der Waals surface area contributed by atoms with Gasteiger partial charge in [0.25, 0.3) is 0 Å². The molecule has 0 aliphatic rings. The first kappa shape index (κ1) is 47.2. The highest BCUT2D eigenvalue weighted by molar-refractivity contribution is 5.76. The number of nitrogens with zero attached hydrogens (tertiary/aromatic N) is 2. The molecule has 0 aliphatic heterocycles. The second-order valence-corrected chi connectivity index (χ2v) is 16.0. The summed E-state index contributed by atoms with van der Waals surface area (Å²) in [6.07, 6.45) is 0.329. The molecule has 0 saturated heterocycles. The Hall–Kier alpha value is -6.24. The molecule has 6 rings (SSSR count).